The van der Waals surface area contributed by atoms with Crippen molar-refractivity contribution >= 4 is 33.9 Å². The largest absolute Gasteiger partial charge is 0.314 e. The van der Waals surface area contributed by atoms with Gasteiger partial charge in [0, 0.05) is 34.1 Å². The lowest BCUT2D eigenvalue weighted by Gasteiger charge is -2.31. The van der Waals surface area contributed by atoms with Crippen LogP contribution in [0.3, 0.4) is 0 Å². The van der Waals surface area contributed by atoms with Crippen molar-refractivity contribution in [2.45, 2.75) is 18.8 Å². The predicted octanol–water partition coefficient (Wildman–Crippen LogP) is 9.35. The summed E-state index contributed by atoms with van der Waals surface area (Å²) < 4.78 is 0. The molecule has 2 atom stereocenters. The van der Waals surface area contributed by atoms with Gasteiger partial charge in [-0.25, -0.2) is 0 Å². The summed E-state index contributed by atoms with van der Waals surface area (Å²) >= 11 is 0. The number of hydrogen-bond donors (Lipinski definition) is 0. The molecule has 43 heavy (non-hydrogen) atoms. The van der Waals surface area contributed by atoms with Gasteiger partial charge in [-0.2, -0.15) is 0 Å². The van der Waals surface area contributed by atoms with Crippen LogP contribution in [0.15, 0.2) is 163 Å². The Kier molecular flexibility index (Phi) is 6.50. The fourth-order valence-corrected chi connectivity index (χ4v) is 7.03. The lowest BCUT2D eigenvalue weighted by atomic mass is 9.76. The molecule has 0 radical (unpaired) electrons. The van der Waals surface area contributed by atoms with Crippen molar-refractivity contribution in [3.05, 3.63) is 179 Å². The number of rotatable bonds is 5. The lowest BCUT2D eigenvalue weighted by molar-refractivity contribution is 0.670. The number of allylic oxidation sites excluding steroid dienone is 8. The minimum absolute atomic E-state index is 0.348. The van der Waals surface area contributed by atoms with Crippen molar-refractivity contribution in [1.82, 2.24) is 0 Å². The molecule has 0 N–H and O–H groups in total. The van der Waals surface area contributed by atoms with Gasteiger partial charge >= 0.3 is 0 Å². The summed E-state index contributed by atoms with van der Waals surface area (Å²) in [6.45, 7) is 0. The predicted molar refractivity (Wildman–Crippen MR) is 182 cm³/mol. The maximum atomic E-state index is 2.48. The third-order valence-electron chi connectivity index (χ3n) is 9.15. The van der Waals surface area contributed by atoms with Crippen LogP contribution in [-0.4, -0.2) is 0 Å². The zero-order valence-corrected chi connectivity index (χ0v) is 24.1. The van der Waals surface area contributed by atoms with Crippen molar-refractivity contribution < 1.29 is 0 Å². The Morgan fingerprint density at radius 3 is 2.23 bits per heavy atom. The monoisotopic (exact) mass is 551 g/mol. The van der Waals surface area contributed by atoms with E-state index in [0.717, 1.165) is 12.8 Å². The molecule has 206 valence electrons. The topological polar surface area (TPSA) is 3.24 Å². The number of fused-ring (bicyclic) bond motifs is 3. The van der Waals surface area contributed by atoms with E-state index in [9.17, 15) is 0 Å². The first-order chi connectivity index (χ1) is 21.3. The second-order valence-corrected chi connectivity index (χ2v) is 11.6. The van der Waals surface area contributed by atoms with E-state index in [0.29, 0.717) is 11.8 Å². The van der Waals surface area contributed by atoms with Gasteiger partial charge in [0.1, 0.15) is 0 Å². The summed E-state index contributed by atoms with van der Waals surface area (Å²) in [5.41, 5.74) is 8.98. The van der Waals surface area contributed by atoms with Crippen LogP contribution in [0.25, 0.3) is 33.7 Å². The van der Waals surface area contributed by atoms with E-state index in [4.69, 9.17) is 0 Å². The normalized spacial score (nSPS) is 18.5. The molecule has 1 nitrogen and oxygen atoms in total. The molecule has 3 aliphatic rings. The highest BCUT2D eigenvalue weighted by Gasteiger charge is 2.25. The molecule has 0 amide bonds. The Balaban J connectivity index is 1.21. The highest BCUT2D eigenvalue weighted by molar-refractivity contribution is 5.97. The summed E-state index contributed by atoms with van der Waals surface area (Å²) in [6, 6.07) is 42.5. The number of hydrogen-bond acceptors (Lipinski definition) is 1. The highest BCUT2D eigenvalue weighted by Crippen LogP contribution is 2.40. The third-order valence-corrected chi connectivity index (χ3v) is 9.15. The van der Waals surface area contributed by atoms with Gasteiger partial charge in [0.2, 0.25) is 0 Å². The van der Waals surface area contributed by atoms with Crippen LogP contribution in [0.2, 0.25) is 0 Å². The molecule has 0 aromatic heterocycles. The molecule has 5 aromatic carbocycles. The van der Waals surface area contributed by atoms with Gasteiger partial charge in [-0.05, 0) is 75.4 Å². The first-order valence-electron chi connectivity index (χ1n) is 15.3. The molecule has 0 heterocycles. The Morgan fingerprint density at radius 2 is 1.35 bits per heavy atom. The Morgan fingerprint density at radius 1 is 0.605 bits per heavy atom. The number of benzene rings is 5. The zero-order valence-electron chi connectivity index (χ0n) is 24.1. The van der Waals surface area contributed by atoms with Crippen molar-refractivity contribution in [2.24, 2.45) is 5.92 Å². The van der Waals surface area contributed by atoms with Gasteiger partial charge < -0.3 is 4.90 Å². The van der Waals surface area contributed by atoms with Crippen LogP contribution in [0.4, 0.5) is 11.4 Å². The van der Waals surface area contributed by atoms with Crippen LogP contribution < -0.4 is 15.3 Å². The minimum Gasteiger partial charge on any atom is -0.314 e. The maximum absolute atomic E-state index is 2.48. The van der Waals surface area contributed by atoms with E-state index in [1.165, 1.54) is 60.5 Å². The molecule has 0 bridgehead atoms. The Bertz CT molecular complexity index is 2070. The van der Waals surface area contributed by atoms with Crippen LogP contribution in [-0.2, 0) is 0 Å². The van der Waals surface area contributed by atoms with Gasteiger partial charge in [0.15, 0.2) is 0 Å². The van der Waals surface area contributed by atoms with E-state index < -0.39 is 0 Å². The molecule has 0 spiro atoms. The standard InChI is InChI=1S/C42H33N/c1-4-16-37-30(10-1)13-7-19-39(37)33-22-26-35(27-23-33)43(42-21-9-15-32-12-3-6-18-41(32)42)36-28-24-34(25-29-36)40-20-8-14-31-11-2-5-17-38(31)40/h1-8,10-20,22-29,37,39H,9,21H2. The molecule has 0 aliphatic heterocycles. The van der Waals surface area contributed by atoms with E-state index in [1.54, 1.807) is 0 Å². The molecule has 3 aliphatic carbocycles. The van der Waals surface area contributed by atoms with Gasteiger partial charge in [-0.3, -0.25) is 0 Å². The second-order valence-electron chi connectivity index (χ2n) is 11.6. The molecule has 2 unspecified atom stereocenters. The molecule has 5 aromatic rings. The van der Waals surface area contributed by atoms with Crippen molar-refractivity contribution in [2.75, 3.05) is 4.90 Å². The SMILES string of the molecule is C1=CC2=CC=CC(c3ccc(N(C4=c5ccccc5=CCC4)c4ccc(-c5cccc6ccccc56)cc4)cc3)C2C=C1. The molecule has 0 saturated heterocycles. The van der Waals surface area contributed by atoms with Crippen molar-refractivity contribution in [1.29, 1.82) is 0 Å². The molecule has 0 fully saturated rings. The second kappa shape index (κ2) is 10.9. The van der Waals surface area contributed by atoms with E-state index >= 15 is 0 Å². The Labute approximate surface area is 253 Å². The maximum Gasteiger partial charge on any atom is 0.0459 e. The van der Waals surface area contributed by atoms with E-state index in [-0.39, 0.29) is 0 Å². The first kappa shape index (κ1) is 25.6. The smallest absolute Gasteiger partial charge is 0.0459 e. The van der Waals surface area contributed by atoms with Gasteiger partial charge in [0.25, 0.3) is 0 Å². The summed E-state index contributed by atoms with van der Waals surface area (Å²) in [5.74, 6) is 0.745. The zero-order chi connectivity index (χ0) is 28.6. The molecule has 0 saturated carbocycles. The van der Waals surface area contributed by atoms with Crippen LogP contribution in [0.1, 0.15) is 24.3 Å². The summed E-state index contributed by atoms with van der Waals surface area (Å²) in [4.78, 5) is 2.48. The summed E-state index contributed by atoms with van der Waals surface area (Å²) in [7, 11) is 0. The lowest BCUT2D eigenvalue weighted by Crippen LogP contribution is -2.34. The summed E-state index contributed by atoms with van der Waals surface area (Å²) in [6.07, 6.45) is 20.1. The number of nitrogens with zero attached hydrogens (tertiary/aromatic N) is 1. The van der Waals surface area contributed by atoms with Crippen LogP contribution in [0, 0.1) is 5.92 Å². The minimum atomic E-state index is 0.348. The third kappa shape index (κ3) is 4.68. The average molecular weight is 552 g/mol. The van der Waals surface area contributed by atoms with Crippen LogP contribution in [0.5, 0.6) is 0 Å². The average Bonchev–Trinajstić information content (AvgIpc) is 3.09. The van der Waals surface area contributed by atoms with Gasteiger partial charge in [-0.15, -0.1) is 0 Å². The molecular weight excluding hydrogens is 518 g/mol. The van der Waals surface area contributed by atoms with Crippen LogP contribution >= 0.6 is 0 Å². The van der Waals surface area contributed by atoms with Crippen molar-refractivity contribution in [3.8, 4) is 11.1 Å². The van der Waals surface area contributed by atoms with Crippen molar-refractivity contribution in [3.63, 3.8) is 0 Å². The fourth-order valence-electron chi connectivity index (χ4n) is 7.03. The van der Waals surface area contributed by atoms with Gasteiger partial charge in [-0.1, -0.05) is 140 Å². The first-order valence-corrected chi connectivity index (χ1v) is 15.3. The summed E-state index contributed by atoms with van der Waals surface area (Å²) in [5, 5.41) is 5.20. The number of anilines is 2. The van der Waals surface area contributed by atoms with Gasteiger partial charge in [0.05, 0.1) is 0 Å². The van der Waals surface area contributed by atoms with E-state index in [1.807, 2.05) is 0 Å². The highest BCUT2D eigenvalue weighted by atomic mass is 15.1. The Hall–Kier alpha value is -5.14. The quantitative estimate of drug-likeness (QED) is 0.210. The molecule has 8 rings (SSSR count). The van der Waals surface area contributed by atoms with E-state index in [2.05, 4.69) is 169 Å². The molecule has 1 heteroatoms. The fraction of sp³-hybridized carbons (Fsp3) is 0.0952. The molecular formula is C42H33N.